The zero-order chi connectivity index (χ0) is 12.1. The predicted molar refractivity (Wildman–Crippen MR) is 69.1 cm³/mol. The lowest BCUT2D eigenvalue weighted by Gasteiger charge is -2.23. The predicted octanol–water partition coefficient (Wildman–Crippen LogP) is 3.81. The van der Waals surface area contributed by atoms with E-state index in [2.05, 4.69) is 0 Å². The minimum absolute atomic E-state index is 0.0269. The highest BCUT2D eigenvalue weighted by Gasteiger charge is 2.20. The van der Waals surface area contributed by atoms with E-state index in [4.69, 9.17) is 33.7 Å². The first-order chi connectivity index (χ1) is 7.60. The second-order valence-electron chi connectivity index (χ2n) is 3.59. The van der Waals surface area contributed by atoms with E-state index in [0.717, 1.165) is 12.0 Å². The van der Waals surface area contributed by atoms with Gasteiger partial charge in [-0.2, -0.15) is 0 Å². The van der Waals surface area contributed by atoms with Crippen LogP contribution < -0.4 is 5.73 Å². The molecule has 1 aromatic rings. The van der Waals surface area contributed by atoms with Gasteiger partial charge in [-0.25, -0.2) is 0 Å². The van der Waals surface area contributed by atoms with Crippen LogP contribution in [0.1, 0.15) is 31.9 Å². The van der Waals surface area contributed by atoms with Crippen molar-refractivity contribution in [3.63, 3.8) is 0 Å². The zero-order valence-electron chi connectivity index (χ0n) is 9.54. The van der Waals surface area contributed by atoms with Crippen LogP contribution in [0.4, 0.5) is 0 Å². The Morgan fingerprint density at radius 2 is 2.00 bits per heavy atom. The molecule has 1 aromatic carbocycles. The molecule has 16 heavy (non-hydrogen) atoms. The van der Waals surface area contributed by atoms with Gasteiger partial charge in [0.15, 0.2) is 0 Å². The van der Waals surface area contributed by atoms with Crippen LogP contribution in [0.3, 0.4) is 0 Å². The van der Waals surface area contributed by atoms with E-state index in [0.29, 0.717) is 16.7 Å². The van der Waals surface area contributed by atoms with E-state index < -0.39 is 0 Å². The largest absolute Gasteiger partial charge is 0.377 e. The normalized spacial score (nSPS) is 14.8. The van der Waals surface area contributed by atoms with Crippen LogP contribution in [0.5, 0.6) is 0 Å². The second kappa shape index (κ2) is 6.45. The molecular weight excluding hydrogens is 245 g/mol. The van der Waals surface area contributed by atoms with Crippen molar-refractivity contribution in [2.24, 2.45) is 5.73 Å². The first-order valence-corrected chi connectivity index (χ1v) is 6.17. The van der Waals surface area contributed by atoms with Crippen molar-refractivity contribution in [1.29, 1.82) is 0 Å². The molecule has 0 amide bonds. The molecule has 1 rings (SSSR count). The Morgan fingerprint density at radius 3 is 2.56 bits per heavy atom. The second-order valence-corrected chi connectivity index (χ2v) is 4.44. The number of hydrogen-bond donors (Lipinski definition) is 1. The summed E-state index contributed by atoms with van der Waals surface area (Å²) in [5.74, 6) is 0. The molecule has 0 fully saturated rings. The Bertz CT molecular complexity index is 344. The smallest absolute Gasteiger partial charge is 0.0765 e. The summed E-state index contributed by atoms with van der Waals surface area (Å²) in [5, 5.41) is 1.27. The fourth-order valence-corrected chi connectivity index (χ4v) is 2.08. The van der Waals surface area contributed by atoms with Gasteiger partial charge in [0, 0.05) is 16.7 Å². The minimum Gasteiger partial charge on any atom is -0.377 e. The Kier molecular flexibility index (Phi) is 5.56. The molecule has 0 aliphatic carbocycles. The molecule has 0 aliphatic heterocycles. The van der Waals surface area contributed by atoms with Gasteiger partial charge in [-0.05, 0) is 37.1 Å². The first kappa shape index (κ1) is 13.8. The van der Waals surface area contributed by atoms with E-state index in [-0.39, 0.29) is 12.1 Å². The molecule has 2 atom stereocenters. The lowest BCUT2D eigenvalue weighted by molar-refractivity contribution is 0.0414. The molecule has 2 N–H and O–H groups in total. The lowest BCUT2D eigenvalue weighted by Crippen LogP contribution is -2.28. The standard InChI is InChI=1S/C12H17Cl2NO/c1-3-11(16-4-2)12(15)9-7-8(13)5-6-10(9)14/h5-7,11-12H,3-4,15H2,1-2H3. The molecule has 0 aromatic heterocycles. The van der Waals surface area contributed by atoms with Gasteiger partial charge in [0.2, 0.25) is 0 Å². The maximum Gasteiger partial charge on any atom is 0.0765 e. The Labute approximate surface area is 107 Å². The average molecular weight is 262 g/mol. The number of nitrogens with two attached hydrogens (primary N) is 1. The highest BCUT2D eigenvalue weighted by molar-refractivity contribution is 6.33. The lowest BCUT2D eigenvalue weighted by atomic mass is 10.0. The van der Waals surface area contributed by atoms with E-state index >= 15 is 0 Å². The summed E-state index contributed by atoms with van der Waals surface area (Å²) >= 11 is 12.0. The topological polar surface area (TPSA) is 35.2 Å². The Balaban J connectivity index is 2.93. The van der Waals surface area contributed by atoms with Crippen LogP contribution in [0.15, 0.2) is 18.2 Å². The maximum absolute atomic E-state index is 6.14. The highest BCUT2D eigenvalue weighted by Crippen LogP contribution is 2.28. The third-order valence-corrected chi connectivity index (χ3v) is 3.08. The Morgan fingerprint density at radius 1 is 1.31 bits per heavy atom. The summed E-state index contributed by atoms with van der Waals surface area (Å²) in [7, 11) is 0. The van der Waals surface area contributed by atoms with Crippen LogP contribution in [0.2, 0.25) is 10.0 Å². The van der Waals surface area contributed by atoms with Crippen molar-refractivity contribution in [1.82, 2.24) is 0 Å². The van der Waals surface area contributed by atoms with Crippen molar-refractivity contribution < 1.29 is 4.74 Å². The summed E-state index contributed by atoms with van der Waals surface area (Å²) < 4.78 is 5.58. The highest BCUT2D eigenvalue weighted by atomic mass is 35.5. The van der Waals surface area contributed by atoms with Gasteiger partial charge in [-0.15, -0.1) is 0 Å². The van der Waals surface area contributed by atoms with Gasteiger partial charge in [0.05, 0.1) is 12.1 Å². The SMILES string of the molecule is CCOC(CC)C(N)c1cc(Cl)ccc1Cl. The van der Waals surface area contributed by atoms with Gasteiger partial charge in [0.25, 0.3) is 0 Å². The molecule has 0 saturated heterocycles. The molecule has 0 heterocycles. The average Bonchev–Trinajstić information content (AvgIpc) is 2.28. The fourth-order valence-electron chi connectivity index (χ4n) is 1.66. The molecule has 0 bridgehead atoms. The molecule has 0 radical (unpaired) electrons. The summed E-state index contributed by atoms with van der Waals surface area (Å²) in [6.07, 6.45) is 0.818. The van der Waals surface area contributed by atoms with Gasteiger partial charge in [-0.3, -0.25) is 0 Å². The van der Waals surface area contributed by atoms with Crippen molar-refractivity contribution in [2.75, 3.05) is 6.61 Å². The minimum atomic E-state index is -0.240. The number of hydrogen-bond acceptors (Lipinski definition) is 2. The van der Waals surface area contributed by atoms with E-state index in [9.17, 15) is 0 Å². The van der Waals surface area contributed by atoms with E-state index in [1.165, 1.54) is 0 Å². The van der Waals surface area contributed by atoms with Gasteiger partial charge >= 0.3 is 0 Å². The Hall–Kier alpha value is -0.280. The molecular formula is C12H17Cl2NO. The molecule has 2 unspecified atom stereocenters. The third-order valence-electron chi connectivity index (χ3n) is 2.50. The number of halogens is 2. The van der Waals surface area contributed by atoms with Crippen molar-refractivity contribution in [3.8, 4) is 0 Å². The molecule has 0 spiro atoms. The number of rotatable bonds is 5. The molecule has 4 heteroatoms. The van der Waals surface area contributed by atoms with Crippen molar-refractivity contribution in [2.45, 2.75) is 32.4 Å². The molecule has 2 nitrogen and oxygen atoms in total. The molecule has 0 saturated carbocycles. The quantitative estimate of drug-likeness (QED) is 0.875. The summed E-state index contributed by atoms with van der Waals surface area (Å²) in [4.78, 5) is 0. The zero-order valence-corrected chi connectivity index (χ0v) is 11.1. The monoisotopic (exact) mass is 261 g/mol. The van der Waals surface area contributed by atoms with E-state index in [1.54, 1.807) is 18.2 Å². The molecule has 0 aliphatic rings. The third kappa shape index (κ3) is 3.36. The van der Waals surface area contributed by atoms with Crippen LogP contribution in [0.25, 0.3) is 0 Å². The van der Waals surface area contributed by atoms with Crippen LogP contribution in [0, 0.1) is 0 Å². The number of ether oxygens (including phenoxy) is 1. The van der Waals surface area contributed by atoms with Crippen molar-refractivity contribution >= 4 is 23.2 Å². The summed E-state index contributed by atoms with van der Waals surface area (Å²) in [6.45, 7) is 4.64. The fraction of sp³-hybridized carbons (Fsp3) is 0.500. The number of benzene rings is 1. The molecule has 90 valence electrons. The van der Waals surface area contributed by atoms with Gasteiger partial charge < -0.3 is 10.5 Å². The summed E-state index contributed by atoms with van der Waals surface area (Å²) in [5.41, 5.74) is 6.98. The maximum atomic E-state index is 6.14. The van der Waals surface area contributed by atoms with Crippen molar-refractivity contribution in [3.05, 3.63) is 33.8 Å². The van der Waals surface area contributed by atoms with Gasteiger partial charge in [-0.1, -0.05) is 30.1 Å². The van der Waals surface area contributed by atoms with Gasteiger partial charge in [0.1, 0.15) is 0 Å². The first-order valence-electron chi connectivity index (χ1n) is 5.42. The van der Waals surface area contributed by atoms with Crippen LogP contribution in [-0.2, 0) is 4.74 Å². The van der Waals surface area contributed by atoms with E-state index in [1.807, 2.05) is 13.8 Å². The summed E-state index contributed by atoms with van der Waals surface area (Å²) in [6, 6.07) is 5.08. The van der Waals surface area contributed by atoms with Crippen LogP contribution >= 0.6 is 23.2 Å². The van der Waals surface area contributed by atoms with Crippen LogP contribution in [-0.4, -0.2) is 12.7 Å².